The Labute approximate surface area is 118 Å². The van der Waals surface area contributed by atoms with Gasteiger partial charge in [-0.05, 0) is 31.2 Å². The Kier molecular flexibility index (Phi) is 4.31. The van der Waals surface area contributed by atoms with E-state index < -0.39 is 10.0 Å². The molecule has 0 fully saturated rings. The van der Waals surface area contributed by atoms with Crippen LogP contribution in [0.25, 0.3) is 0 Å². The first-order valence-electron chi connectivity index (χ1n) is 6.08. The molecule has 2 heterocycles. The van der Waals surface area contributed by atoms with Crippen molar-refractivity contribution in [1.82, 2.24) is 14.7 Å². The summed E-state index contributed by atoms with van der Waals surface area (Å²) in [4.78, 5) is 8.17. The summed E-state index contributed by atoms with van der Waals surface area (Å²) in [5, 5.41) is 2.79. The Morgan fingerprint density at radius 2 is 2.00 bits per heavy atom. The summed E-state index contributed by atoms with van der Waals surface area (Å²) < 4.78 is 27.0. The molecule has 2 rings (SSSR count). The van der Waals surface area contributed by atoms with Gasteiger partial charge in [-0.1, -0.05) is 6.07 Å². The highest BCUT2D eigenvalue weighted by Crippen LogP contribution is 2.17. The molecule has 0 aliphatic heterocycles. The van der Waals surface area contributed by atoms with E-state index in [1.54, 1.807) is 25.2 Å². The number of anilines is 1. The van der Waals surface area contributed by atoms with Crippen molar-refractivity contribution in [2.45, 2.75) is 18.5 Å². The van der Waals surface area contributed by atoms with Gasteiger partial charge in [0.2, 0.25) is 0 Å². The summed E-state index contributed by atoms with van der Waals surface area (Å²) in [5.41, 5.74) is 1.96. The van der Waals surface area contributed by atoms with Gasteiger partial charge >= 0.3 is 0 Å². The van der Waals surface area contributed by atoms with E-state index >= 15 is 0 Å². The van der Waals surface area contributed by atoms with E-state index in [9.17, 15) is 8.42 Å². The van der Waals surface area contributed by atoms with Crippen molar-refractivity contribution in [2.24, 2.45) is 0 Å². The van der Waals surface area contributed by atoms with E-state index in [-0.39, 0.29) is 11.6 Å². The minimum Gasteiger partial charge on any atom is -0.386 e. The molecule has 2 N–H and O–H groups in total. The second-order valence-corrected chi connectivity index (χ2v) is 5.88. The standard InChI is InChI=1S/C13H16N4O2S/c1-10-5-3-6-11(17-10)9-16-20(18,19)13-12(14-2)7-4-8-15-13/h3-8,14,16H,9H2,1-2H3. The first kappa shape index (κ1) is 14.4. The number of sulfonamides is 1. The van der Waals surface area contributed by atoms with Gasteiger partial charge in [-0.25, -0.2) is 18.1 Å². The molecule has 6 nitrogen and oxygen atoms in total. The second kappa shape index (κ2) is 5.98. The van der Waals surface area contributed by atoms with E-state index in [1.807, 2.05) is 19.1 Å². The summed E-state index contributed by atoms with van der Waals surface area (Å²) in [6, 6.07) is 8.80. The molecule has 2 aromatic heterocycles. The van der Waals surface area contributed by atoms with Gasteiger partial charge in [0.25, 0.3) is 10.0 Å². The molecule has 0 aliphatic carbocycles. The molecule has 0 amide bonds. The van der Waals surface area contributed by atoms with Crippen molar-refractivity contribution in [2.75, 3.05) is 12.4 Å². The minimum atomic E-state index is -3.68. The predicted molar refractivity (Wildman–Crippen MR) is 76.8 cm³/mol. The lowest BCUT2D eigenvalue weighted by molar-refractivity contribution is 0.577. The third-order valence-electron chi connectivity index (χ3n) is 2.68. The molecule has 0 unspecified atom stereocenters. The molecule has 7 heteroatoms. The van der Waals surface area contributed by atoms with Crippen LogP contribution in [0.1, 0.15) is 11.4 Å². The van der Waals surface area contributed by atoms with Gasteiger partial charge in [0.05, 0.1) is 17.9 Å². The van der Waals surface area contributed by atoms with Gasteiger partial charge < -0.3 is 5.32 Å². The summed E-state index contributed by atoms with van der Waals surface area (Å²) in [7, 11) is -2.03. The minimum absolute atomic E-state index is 0.0184. The topological polar surface area (TPSA) is 84.0 Å². The maximum absolute atomic E-state index is 12.2. The largest absolute Gasteiger partial charge is 0.386 e. The number of rotatable bonds is 5. The molecule has 20 heavy (non-hydrogen) atoms. The number of nitrogens with one attached hydrogen (secondary N) is 2. The summed E-state index contributed by atoms with van der Waals surface area (Å²) in [5.74, 6) is 0. The fourth-order valence-electron chi connectivity index (χ4n) is 1.73. The van der Waals surface area contributed by atoms with Crippen molar-refractivity contribution < 1.29 is 8.42 Å². The van der Waals surface area contributed by atoms with Crippen LogP contribution >= 0.6 is 0 Å². The molecule has 2 aromatic rings. The Morgan fingerprint density at radius 1 is 1.20 bits per heavy atom. The zero-order valence-corrected chi connectivity index (χ0v) is 12.1. The van der Waals surface area contributed by atoms with Crippen LogP contribution in [0.2, 0.25) is 0 Å². The monoisotopic (exact) mass is 292 g/mol. The zero-order valence-electron chi connectivity index (χ0n) is 11.3. The van der Waals surface area contributed by atoms with Gasteiger partial charge in [0.1, 0.15) is 0 Å². The molecule has 0 atom stereocenters. The van der Waals surface area contributed by atoms with Crippen LogP contribution in [-0.2, 0) is 16.6 Å². The SMILES string of the molecule is CNc1cccnc1S(=O)(=O)NCc1cccc(C)n1. The molecule has 0 spiro atoms. The highest BCUT2D eigenvalue weighted by molar-refractivity contribution is 7.89. The number of hydrogen-bond acceptors (Lipinski definition) is 5. The van der Waals surface area contributed by atoms with Crippen LogP contribution in [0.5, 0.6) is 0 Å². The van der Waals surface area contributed by atoms with Crippen LogP contribution in [0.15, 0.2) is 41.6 Å². The molecule has 0 aliphatic rings. The van der Waals surface area contributed by atoms with E-state index in [1.165, 1.54) is 6.20 Å². The van der Waals surface area contributed by atoms with Crippen LogP contribution < -0.4 is 10.0 Å². The average molecular weight is 292 g/mol. The Hall–Kier alpha value is -1.99. The van der Waals surface area contributed by atoms with Gasteiger partial charge in [0, 0.05) is 18.9 Å². The maximum Gasteiger partial charge on any atom is 0.260 e. The molecule has 0 aromatic carbocycles. The molecule has 106 valence electrons. The summed E-state index contributed by atoms with van der Waals surface area (Å²) in [6.45, 7) is 1.99. The third kappa shape index (κ3) is 3.31. The lowest BCUT2D eigenvalue weighted by Gasteiger charge is -2.09. The van der Waals surface area contributed by atoms with E-state index in [0.717, 1.165) is 5.69 Å². The number of hydrogen-bond donors (Lipinski definition) is 2. The number of pyridine rings is 2. The third-order valence-corrected chi connectivity index (χ3v) is 4.04. The fraction of sp³-hybridized carbons (Fsp3) is 0.231. The van der Waals surface area contributed by atoms with Crippen molar-refractivity contribution in [1.29, 1.82) is 0 Å². The Balaban J connectivity index is 2.19. The lowest BCUT2D eigenvalue weighted by Crippen LogP contribution is -2.25. The van der Waals surface area contributed by atoms with Gasteiger partial charge in [-0.3, -0.25) is 4.98 Å². The Bertz CT molecular complexity index is 701. The van der Waals surface area contributed by atoms with Gasteiger partial charge in [-0.2, -0.15) is 0 Å². The van der Waals surface area contributed by atoms with Crippen LogP contribution in [-0.4, -0.2) is 25.4 Å². The van der Waals surface area contributed by atoms with Crippen molar-refractivity contribution in [3.63, 3.8) is 0 Å². The summed E-state index contributed by atoms with van der Waals surface area (Å²) in [6.07, 6.45) is 1.44. The van der Waals surface area contributed by atoms with E-state index in [0.29, 0.717) is 11.4 Å². The first-order chi connectivity index (χ1) is 9.53. The number of aryl methyl sites for hydroxylation is 1. The highest BCUT2D eigenvalue weighted by atomic mass is 32.2. The van der Waals surface area contributed by atoms with Gasteiger partial charge in [-0.15, -0.1) is 0 Å². The predicted octanol–water partition coefficient (Wildman–Crippen LogP) is 1.31. The van der Waals surface area contributed by atoms with Crippen molar-refractivity contribution in [3.8, 4) is 0 Å². The fourth-order valence-corrected chi connectivity index (χ4v) is 2.86. The second-order valence-electron chi connectivity index (χ2n) is 4.20. The molecule has 0 saturated heterocycles. The maximum atomic E-state index is 12.2. The lowest BCUT2D eigenvalue weighted by atomic mass is 10.3. The molecule has 0 radical (unpaired) electrons. The normalized spacial score (nSPS) is 11.3. The van der Waals surface area contributed by atoms with Crippen molar-refractivity contribution in [3.05, 3.63) is 47.9 Å². The zero-order chi connectivity index (χ0) is 14.6. The van der Waals surface area contributed by atoms with Crippen LogP contribution in [0.3, 0.4) is 0 Å². The van der Waals surface area contributed by atoms with Gasteiger partial charge in [0.15, 0.2) is 5.03 Å². The quantitative estimate of drug-likeness (QED) is 0.868. The summed E-state index contributed by atoms with van der Waals surface area (Å²) >= 11 is 0. The molecule has 0 bridgehead atoms. The smallest absolute Gasteiger partial charge is 0.260 e. The van der Waals surface area contributed by atoms with E-state index in [2.05, 4.69) is 20.0 Å². The molecular weight excluding hydrogens is 276 g/mol. The van der Waals surface area contributed by atoms with Crippen LogP contribution in [0.4, 0.5) is 5.69 Å². The van der Waals surface area contributed by atoms with Crippen LogP contribution in [0, 0.1) is 6.92 Å². The van der Waals surface area contributed by atoms with E-state index in [4.69, 9.17) is 0 Å². The highest BCUT2D eigenvalue weighted by Gasteiger charge is 2.19. The number of aromatic nitrogens is 2. The molecule has 0 saturated carbocycles. The van der Waals surface area contributed by atoms with Crippen molar-refractivity contribution >= 4 is 15.7 Å². The Morgan fingerprint density at radius 3 is 2.70 bits per heavy atom. The first-order valence-corrected chi connectivity index (χ1v) is 7.56. The number of nitrogens with zero attached hydrogens (tertiary/aromatic N) is 2. The average Bonchev–Trinajstić information content (AvgIpc) is 2.45. The molecular formula is C13H16N4O2S.